The molecule has 3 aromatic carbocycles. The van der Waals surface area contributed by atoms with Crippen LogP contribution in [0.3, 0.4) is 0 Å². The van der Waals surface area contributed by atoms with Crippen molar-refractivity contribution in [3.8, 4) is 0 Å². The van der Waals surface area contributed by atoms with Crippen molar-refractivity contribution in [2.75, 3.05) is 18.0 Å². The molecule has 4 rings (SSSR count). The fraction of sp³-hybridized carbons (Fsp3) is 0.259. The molecule has 0 atom stereocenters. The van der Waals surface area contributed by atoms with Crippen molar-refractivity contribution in [3.05, 3.63) is 89.0 Å². The number of fused-ring (bicyclic) bond motifs is 1. The number of nitrogens with zero attached hydrogens (tertiary/aromatic N) is 3. The molecule has 0 saturated heterocycles. The first-order valence-corrected chi connectivity index (χ1v) is 13.8. The molecule has 0 bridgehead atoms. The van der Waals surface area contributed by atoms with Crippen LogP contribution in [0, 0.1) is 13.8 Å². The molecule has 0 aliphatic carbocycles. The lowest BCUT2D eigenvalue weighted by atomic mass is 10.1. The Hall–Kier alpha value is -3.07. The highest BCUT2D eigenvalue weighted by Crippen LogP contribution is 2.32. The van der Waals surface area contributed by atoms with Gasteiger partial charge >= 0.3 is 0 Å². The van der Waals surface area contributed by atoms with Crippen molar-refractivity contribution in [2.45, 2.75) is 39.1 Å². The second kappa shape index (κ2) is 10.3. The van der Waals surface area contributed by atoms with Gasteiger partial charge in [-0.05, 0) is 66.9 Å². The second-order valence-corrected chi connectivity index (χ2v) is 11.3. The molecule has 1 amide bonds. The van der Waals surface area contributed by atoms with Gasteiger partial charge in [0.05, 0.1) is 21.7 Å². The smallest absolute Gasteiger partial charge is 0.260 e. The normalized spacial score (nSPS) is 11.8. The monoisotopic (exact) mass is 507 g/mol. The number of sulfonamides is 1. The summed E-state index contributed by atoms with van der Waals surface area (Å²) in [5.41, 5.74) is 4.58. The van der Waals surface area contributed by atoms with Crippen LogP contribution in [0.25, 0.3) is 10.2 Å². The predicted octanol–water partition coefficient (Wildman–Crippen LogP) is 5.79. The molecule has 0 radical (unpaired) electrons. The molecule has 0 N–H and O–H groups in total. The Bertz CT molecular complexity index is 1400. The zero-order valence-corrected chi connectivity index (χ0v) is 22.0. The summed E-state index contributed by atoms with van der Waals surface area (Å²) >= 11 is 1.48. The van der Waals surface area contributed by atoms with Crippen molar-refractivity contribution in [3.63, 3.8) is 0 Å². The Balaban J connectivity index is 1.72. The zero-order valence-electron chi connectivity index (χ0n) is 20.4. The molecule has 182 valence electrons. The molecule has 8 heteroatoms. The van der Waals surface area contributed by atoms with E-state index in [9.17, 15) is 13.2 Å². The van der Waals surface area contributed by atoms with Crippen LogP contribution in [0.2, 0.25) is 0 Å². The SMILES string of the molecule is CCN(CC)S(=O)(=O)c1ccc(C(=O)N(Cc2ccccc2)c2nc3cc(C)c(C)cc3s2)cc1. The average Bonchev–Trinajstić information content (AvgIpc) is 3.26. The van der Waals surface area contributed by atoms with Gasteiger partial charge < -0.3 is 0 Å². The highest BCUT2D eigenvalue weighted by atomic mass is 32.2. The number of aryl methyl sites for hydroxylation is 2. The lowest BCUT2D eigenvalue weighted by Crippen LogP contribution is -2.31. The highest BCUT2D eigenvalue weighted by molar-refractivity contribution is 7.89. The maximum absolute atomic E-state index is 13.7. The quantitative estimate of drug-likeness (QED) is 0.303. The molecular formula is C27H29N3O3S2. The van der Waals surface area contributed by atoms with Crippen molar-refractivity contribution in [1.29, 1.82) is 0 Å². The van der Waals surface area contributed by atoms with Gasteiger partial charge in [-0.25, -0.2) is 13.4 Å². The number of thiazole rings is 1. The van der Waals surface area contributed by atoms with Crippen LogP contribution in [0.4, 0.5) is 5.13 Å². The third-order valence-corrected chi connectivity index (χ3v) is 9.20. The van der Waals surface area contributed by atoms with Crippen LogP contribution in [0.1, 0.15) is 40.9 Å². The third-order valence-electron chi connectivity index (χ3n) is 6.10. The topological polar surface area (TPSA) is 70.6 Å². The molecule has 0 spiro atoms. The summed E-state index contributed by atoms with van der Waals surface area (Å²) < 4.78 is 28.1. The molecule has 0 fully saturated rings. The van der Waals surface area contributed by atoms with E-state index in [0.29, 0.717) is 30.3 Å². The minimum absolute atomic E-state index is 0.179. The molecule has 0 unspecified atom stereocenters. The van der Waals surface area contributed by atoms with Gasteiger partial charge in [-0.2, -0.15) is 4.31 Å². The number of aromatic nitrogens is 1. The Labute approximate surface area is 210 Å². The summed E-state index contributed by atoms with van der Waals surface area (Å²) in [7, 11) is -3.59. The maximum atomic E-state index is 13.7. The van der Waals surface area contributed by atoms with Crippen LogP contribution in [0.5, 0.6) is 0 Å². The fourth-order valence-corrected chi connectivity index (χ4v) is 6.41. The van der Waals surface area contributed by atoms with Crippen molar-refractivity contribution < 1.29 is 13.2 Å². The lowest BCUT2D eigenvalue weighted by molar-refractivity contribution is 0.0985. The summed E-state index contributed by atoms with van der Waals surface area (Å²) in [6, 6.07) is 20.1. The van der Waals surface area contributed by atoms with Gasteiger partial charge in [0.25, 0.3) is 5.91 Å². The summed E-state index contributed by atoms with van der Waals surface area (Å²) in [6.07, 6.45) is 0. The van der Waals surface area contributed by atoms with Crippen LogP contribution >= 0.6 is 11.3 Å². The largest absolute Gasteiger partial charge is 0.279 e. The van der Waals surface area contributed by atoms with E-state index in [2.05, 4.69) is 19.9 Å². The first-order valence-electron chi connectivity index (χ1n) is 11.6. The summed E-state index contributed by atoms with van der Waals surface area (Å²) in [6.45, 7) is 8.87. The lowest BCUT2D eigenvalue weighted by Gasteiger charge is -2.21. The number of amides is 1. The highest BCUT2D eigenvalue weighted by Gasteiger charge is 2.25. The number of benzene rings is 3. The zero-order chi connectivity index (χ0) is 25.2. The standard InChI is InChI=1S/C27H29N3O3S2/c1-5-29(6-2)35(32,33)23-14-12-22(13-15-23)26(31)30(18-21-10-8-7-9-11-21)27-28-24-16-19(3)20(4)17-25(24)34-27/h7-17H,5-6,18H2,1-4H3. The molecule has 0 saturated carbocycles. The van der Waals surface area contributed by atoms with Gasteiger partial charge in [-0.1, -0.05) is 55.5 Å². The molecule has 1 heterocycles. The van der Waals surface area contributed by atoms with Gasteiger partial charge in [0.15, 0.2) is 5.13 Å². The average molecular weight is 508 g/mol. The number of carbonyl (C=O) groups excluding carboxylic acids is 1. The van der Waals surface area contributed by atoms with E-state index in [-0.39, 0.29) is 10.8 Å². The van der Waals surface area contributed by atoms with Gasteiger partial charge in [-0.3, -0.25) is 9.69 Å². The number of anilines is 1. The third kappa shape index (κ3) is 5.15. The van der Waals surface area contributed by atoms with Crippen LogP contribution in [-0.2, 0) is 16.6 Å². The minimum atomic E-state index is -3.59. The number of hydrogen-bond donors (Lipinski definition) is 0. The molecule has 1 aromatic heterocycles. The Morgan fingerprint density at radius 2 is 1.54 bits per heavy atom. The number of rotatable bonds is 8. The first-order chi connectivity index (χ1) is 16.7. The molecular weight excluding hydrogens is 478 g/mol. The van der Waals surface area contributed by atoms with Crippen LogP contribution < -0.4 is 4.90 Å². The molecule has 4 aromatic rings. The van der Waals surface area contributed by atoms with Crippen molar-refractivity contribution in [2.24, 2.45) is 0 Å². The Morgan fingerprint density at radius 3 is 2.17 bits per heavy atom. The summed E-state index contributed by atoms with van der Waals surface area (Å²) in [5.74, 6) is -0.229. The van der Waals surface area contributed by atoms with Gasteiger partial charge in [0.1, 0.15) is 0 Å². The number of hydrogen-bond acceptors (Lipinski definition) is 5. The van der Waals surface area contributed by atoms with E-state index >= 15 is 0 Å². The summed E-state index contributed by atoms with van der Waals surface area (Å²) in [5, 5.41) is 0.610. The first kappa shape index (κ1) is 25.0. The van der Waals surface area contributed by atoms with E-state index < -0.39 is 10.0 Å². The van der Waals surface area contributed by atoms with Crippen LogP contribution in [-0.4, -0.2) is 36.7 Å². The Morgan fingerprint density at radius 1 is 0.914 bits per heavy atom. The minimum Gasteiger partial charge on any atom is -0.279 e. The van der Waals surface area contributed by atoms with Crippen molar-refractivity contribution in [1.82, 2.24) is 9.29 Å². The fourth-order valence-electron chi connectivity index (χ4n) is 3.91. The van der Waals surface area contributed by atoms with E-state index in [1.165, 1.54) is 33.3 Å². The van der Waals surface area contributed by atoms with E-state index in [0.717, 1.165) is 21.3 Å². The van der Waals surface area contributed by atoms with Crippen LogP contribution in [0.15, 0.2) is 71.6 Å². The predicted molar refractivity (Wildman–Crippen MR) is 143 cm³/mol. The molecule has 35 heavy (non-hydrogen) atoms. The van der Waals surface area contributed by atoms with E-state index in [1.54, 1.807) is 30.9 Å². The van der Waals surface area contributed by atoms with Gasteiger partial charge in [0, 0.05) is 18.7 Å². The van der Waals surface area contributed by atoms with Gasteiger partial charge in [0.2, 0.25) is 10.0 Å². The van der Waals surface area contributed by atoms with Crippen molar-refractivity contribution >= 4 is 42.6 Å². The second-order valence-electron chi connectivity index (χ2n) is 8.39. The van der Waals surface area contributed by atoms with E-state index in [4.69, 9.17) is 4.98 Å². The molecule has 0 aliphatic rings. The maximum Gasteiger partial charge on any atom is 0.260 e. The molecule has 0 aliphatic heterocycles. The van der Waals surface area contributed by atoms with Gasteiger partial charge in [-0.15, -0.1) is 0 Å². The molecule has 6 nitrogen and oxygen atoms in total. The van der Waals surface area contributed by atoms with E-state index in [1.807, 2.05) is 36.4 Å². The summed E-state index contributed by atoms with van der Waals surface area (Å²) in [4.78, 5) is 20.3. The number of carbonyl (C=O) groups is 1. The Kier molecular flexibility index (Phi) is 7.35.